The first kappa shape index (κ1) is 28.1. The summed E-state index contributed by atoms with van der Waals surface area (Å²) in [5.41, 5.74) is 12.2. The van der Waals surface area contributed by atoms with Gasteiger partial charge in [0.2, 0.25) is 10.0 Å². The third-order valence-corrected chi connectivity index (χ3v) is 9.23. The summed E-state index contributed by atoms with van der Waals surface area (Å²) in [5, 5.41) is 4.81. The second-order valence-corrected chi connectivity index (χ2v) is 14.0. The number of sulfonamides is 1. The zero-order valence-electron chi connectivity index (χ0n) is 24.8. The van der Waals surface area contributed by atoms with Gasteiger partial charge in [0.15, 0.2) is 5.75 Å². The maximum atomic E-state index is 13.6. The number of imidazole rings is 1. The molecule has 2 aliphatic carbocycles. The van der Waals surface area contributed by atoms with Crippen molar-refractivity contribution in [2.75, 3.05) is 28.4 Å². The fourth-order valence-electron chi connectivity index (χ4n) is 5.45. The van der Waals surface area contributed by atoms with Crippen molar-refractivity contribution in [3.8, 4) is 5.75 Å². The molecule has 1 amide bonds. The fraction of sp³-hybridized carbons (Fsp3) is 0.400. The third-order valence-electron chi connectivity index (χ3n) is 8.64. The number of amides is 1. The number of nitrogens with zero attached hydrogens (tertiary/aromatic N) is 3. The summed E-state index contributed by atoms with van der Waals surface area (Å²) >= 11 is 0. The highest BCUT2D eigenvalue weighted by atomic mass is 32.2. The first-order valence-corrected chi connectivity index (χ1v) is 15.9. The molecule has 4 N–H and O–H groups in total. The molecule has 3 aromatic rings. The van der Waals surface area contributed by atoms with Crippen LogP contribution in [0.3, 0.4) is 0 Å². The lowest BCUT2D eigenvalue weighted by atomic mass is 9.96. The minimum absolute atomic E-state index is 0.0693. The Balaban J connectivity index is 1.28. The van der Waals surface area contributed by atoms with E-state index in [1.54, 1.807) is 12.1 Å². The van der Waals surface area contributed by atoms with E-state index in [9.17, 15) is 13.2 Å². The van der Waals surface area contributed by atoms with Crippen molar-refractivity contribution >= 4 is 38.7 Å². The molecule has 12 heteroatoms. The van der Waals surface area contributed by atoms with Gasteiger partial charge in [0.05, 0.1) is 54.2 Å². The molecule has 1 aliphatic heterocycles. The van der Waals surface area contributed by atoms with Crippen LogP contribution in [0.15, 0.2) is 42.7 Å². The van der Waals surface area contributed by atoms with Crippen LogP contribution >= 0.6 is 0 Å². The summed E-state index contributed by atoms with van der Waals surface area (Å²) in [6, 6.07) is 9.13. The molecule has 3 aliphatic rings. The molecule has 1 aromatic heterocycles. The van der Waals surface area contributed by atoms with E-state index < -0.39 is 10.0 Å². The topological polar surface area (TPSA) is 130 Å². The van der Waals surface area contributed by atoms with Crippen LogP contribution in [0.25, 0.3) is 5.70 Å². The Kier molecular flexibility index (Phi) is 6.54. The van der Waals surface area contributed by atoms with E-state index in [1.807, 2.05) is 49.6 Å². The van der Waals surface area contributed by atoms with Gasteiger partial charge in [0.1, 0.15) is 5.82 Å². The number of aromatic nitrogens is 2. The standard InChI is InChI=1S/C30H37N7O4S/c1-18-7-8-19(13-24(18)37-17-23(33-35-37)25-16-31-28(36(25)4)30(3)11-12-30)27(38)32-21-14-20(29(2)9-10-29)15-22(26(21)41-5)34-42(6,39)40/h7-8,13-17,33-35H,9-12H2,1-6H3,(H,32,38). The number of anilines is 3. The zero-order chi connectivity index (χ0) is 30.0. The normalized spacial score (nSPS) is 18.2. The predicted octanol–water partition coefficient (Wildman–Crippen LogP) is 4.29. The summed E-state index contributed by atoms with van der Waals surface area (Å²) in [6.07, 6.45) is 9.19. The average molecular weight is 592 g/mol. The molecule has 0 radical (unpaired) electrons. The van der Waals surface area contributed by atoms with Gasteiger partial charge in [-0.3, -0.25) is 20.0 Å². The Morgan fingerprint density at radius 1 is 1.07 bits per heavy atom. The largest absolute Gasteiger partial charge is 0.492 e. The number of aryl methyl sites for hydroxylation is 1. The highest BCUT2D eigenvalue weighted by Crippen LogP contribution is 2.51. The molecule has 2 heterocycles. The highest BCUT2D eigenvalue weighted by Gasteiger charge is 2.43. The molecule has 2 saturated carbocycles. The maximum Gasteiger partial charge on any atom is 0.255 e. The van der Waals surface area contributed by atoms with Crippen LogP contribution in [0, 0.1) is 6.92 Å². The fourth-order valence-corrected chi connectivity index (χ4v) is 6.00. The van der Waals surface area contributed by atoms with Crippen molar-refractivity contribution in [1.82, 2.24) is 20.5 Å². The number of hydrazine groups is 2. The molecule has 2 fully saturated rings. The second-order valence-electron chi connectivity index (χ2n) is 12.2. The number of nitrogens with one attached hydrogen (secondary N) is 4. The molecule has 6 rings (SSSR count). The van der Waals surface area contributed by atoms with Crippen LogP contribution in [-0.2, 0) is 27.9 Å². The van der Waals surface area contributed by atoms with Crippen LogP contribution in [0.2, 0.25) is 0 Å². The van der Waals surface area contributed by atoms with E-state index >= 15 is 0 Å². The second kappa shape index (κ2) is 9.77. The molecule has 222 valence electrons. The average Bonchev–Trinajstić information content (AvgIpc) is 3.74. The van der Waals surface area contributed by atoms with Gasteiger partial charge in [-0.05, 0) is 73.4 Å². The number of methoxy groups -OCH3 is 1. The van der Waals surface area contributed by atoms with Gasteiger partial charge in [-0.1, -0.05) is 19.9 Å². The highest BCUT2D eigenvalue weighted by molar-refractivity contribution is 7.92. The van der Waals surface area contributed by atoms with E-state index in [1.165, 1.54) is 7.11 Å². The molecule has 0 spiro atoms. The SMILES string of the molecule is COc1c(NC(=O)c2ccc(C)c(N3C=C(c4cnc(C5(C)CC5)n4C)NN3)c2)cc(C2(C)CC2)cc1NS(C)(=O)=O. The Hall–Kier alpha value is -4.03. The minimum atomic E-state index is -3.57. The van der Waals surface area contributed by atoms with Crippen molar-refractivity contribution < 1.29 is 17.9 Å². The summed E-state index contributed by atoms with van der Waals surface area (Å²) in [5.74, 6) is 0.990. The molecule has 0 bridgehead atoms. The number of carbonyl (C=O) groups excluding carboxylic acids is 1. The minimum Gasteiger partial charge on any atom is -0.492 e. The van der Waals surface area contributed by atoms with Gasteiger partial charge in [0, 0.05) is 18.0 Å². The van der Waals surface area contributed by atoms with Crippen molar-refractivity contribution in [1.29, 1.82) is 0 Å². The van der Waals surface area contributed by atoms with Gasteiger partial charge in [-0.25, -0.2) is 13.4 Å². The van der Waals surface area contributed by atoms with E-state index in [2.05, 4.69) is 44.4 Å². The number of hydrogen-bond acceptors (Lipinski definition) is 8. The summed E-state index contributed by atoms with van der Waals surface area (Å²) < 4.78 is 34.4. The van der Waals surface area contributed by atoms with E-state index in [0.717, 1.165) is 66.0 Å². The smallest absolute Gasteiger partial charge is 0.255 e. The van der Waals surface area contributed by atoms with E-state index in [0.29, 0.717) is 16.9 Å². The molecule has 0 unspecified atom stereocenters. The predicted molar refractivity (Wildman–Crippen MR) is 164 cm³/mol. The Labute approximate surface area is 246 Å². The third kappa shape index (κ3) is 5.20. The van der Waals surface area contributed by atoms with Gasteiger partial charge >= 0.3 is 0 Å². The number of hydrogen-bond donors (Lipinski definition) is 4. The van der Waals surface area contributed by atoms with Crippen molar-refractivity contribution in [2.24, 2.45) is 7.05 Å². The monoisotopic (exact) mass is 591 g/mol. The van der Waals surface area contributed by atoms with Crippen LogP contribution in [0.4, 0.5) is 17.1 Å². The number of ether oxygens (including phenoxy) is 1. The van der Waals surface area contributed by atoms with Crippen LogP contribution in [0.5, 0.6) is 5.75 Å². The quantitative estimate of drug-likeness (QED) is 0.290. The number of rotatable bonds is 9. The molecule has 11 nitrogen and oxygen atoms in total. The Bertz CT molecular complexity index is 1740. The molecule has 0 atom stereocenters. The van der Waals surface area contributed by atoms with Gasteiger partial charge < -0.3 is 14.6 Å². The van der Waals surface area contributed by atoms with Crippen molar-refractivity contribution in [3.05, 3.63) is 70.9 Å². The van der Waals surface area contributed by atoms with Gasteiger partial charge in [-0.2, -0.15) is 0 Å². The molecular weight excluding hydrogens is 554 g/mol. The summed E-state index contributed by atoms with van der Waals surface area (Å²) in [7, 11) is -0.0857. The Morgan fingerprint density at radius 3 is 2.40 bits per heavy atom. The van der Waals surface area contributed by atoms with Crippen LogP contribution in [-0.4, -0.2) is 37.2 Å². The molecule has 0 saturated heterocycles. The summed E-state index contributed by atoms with van der Waals surface area (Å²) in [4.78, 5) is 18.3. The van der Waals surface area contributed by atoms with E-state index in [4.69, 9.17) is 4.74 Å². The molecule has 42 heavy (non-hydrogen) atoms. The van der Waals surface area contributed by atoms with Crippen molar-refractivity contribution in [2.45, 2.75) is 57.3 Å². The van der Waals surface area contributed by atoms with Gasteiger partial charge in [0.25, 0.3) is 5.91 Å². The lowest BCUT2D eigenvalue weighted by Gasteiger charge is -2.20. The van der Waals surface area contributed by atoms with E-state index in [-0.39, 0.29) is 22.5 Å². The van der Waals surface area contributed by atoms with Gasteiger partial charge in [-0.15, -0.1) is 5.53 Å². The maximum absolute atomic E-state index is 13.6. The number of carbonyl (C=O) groups is 1. The van der Waals surface area contributed by atoms with Crippen LogP contribution < -0.4 is 30.7 Å². The molecule has 2 aromatic carbocycles. The first-order chi connectivity index (χ1) is 19.8. The number of benzene rings is 2. The van der Waals surface area contributed by atoms with Crippen LogP contribution in [0.1, 0.15) is 72.5 Å². The lowest BCUT2D eigenvalue weighted by molar-refractivity contribution is 0.102. The lowest BCUT2D eigenvalue weighted by Crippen LogP contribution is -2.36. The zero-order valence-corrected chi connectivity index (χ0v) is 25.6. The summed E-state index contributed by atoms with van der Waals surface area (Å²) in [6.45, 7) is 6.34. The molecular formula is C30H37N7O4S. The Morgan fingerprint density at radius 2 is 1.76 bits per heavy atom. The first-order valence-electron chi connectivity index (χ1n) is 14.0. The van der Waals surface area contributed by atoms with Crippen molar-refractivity contribution in [3.63, 3.8) is 0 Å².